The Balaban J connectivity index is 2.06. The minimum absolute atomic E-state index is 0.396. The Morgan fingerprint density at radius 3 is 2.41 bits per heavy atom. The Kier molecular flexibility index (Phi) is 3.79. The predicted octanol–water partition coefficient (Wildman–Crippen LogP) is 3.65. The molecule has 0 unspecified atom stereocenters. The Bertz CT molecular complexity index is 851. The van der Waals surface area contributed by atoms with E-state index in [4.69, 9.17) is 0 Å². The summed E-state index contributed by atoms with van der Waals surface area (Å²) in [5.41, 5.74) is 4.35. The van der Waals surface area contributed by atoms with Gasteiger partial charge in [-0.15, -0.1) is 0 Å². The van der Waals surface area contributed by atoms with Gasteiger partial charge in [0.25, 0.3) is 5.56 Å². The molecular formula is C19H17NO2. The van der Waals surface area contributed by atoms with Crippen LogP contribution in [-0.2, 0) is 6.42 Å². The first-order chi connectivity index (χ1) is 10.6. The van der Waals surface area contributed by atoms with Gasteiger partial charge in [-0.1, -0.05) is 54.6 Å². The first-order valence-electron chi connectivity index (χ1n) is 7.20. The molecule has 1 N–H and O–H groups in total. The molecule has 0 saturated heterocycles. The average molecular weight is 291 g/mol. The summed E-state index contributed by atoms with van der Waals surface area (Å²) in [5.74, 6) is 0. The van der Waals surface area contributed by atoms with E-state index in [1.807, 2.05) is 49.4 Å². The van der Waals surface area contributed by atoms with Crippen LogP contribution in [0.3, 0.4) is 0 Å². The quantitative estimate of drug-likeness (QED) is 0.748. The summed E-state index contributed by atoms with van der Waals surface area (Å²) in [5, 5.41) is 9.95. The molecule has 22 heavy (non-hydrogen) atoms. The van der Waals surface area contributed by atoms with E-state index in [1.54, 1.807) is 0 Å². The number of hydrogen-bond donors (Lipinski definition) is 1. The minimum atomic E-state index is -0.396. The maximum absolute atomic E-state index is 11.7. The molecule has 0 radical (unpaired) electrons. The summed E-state index contributed by atoms with van der Waals surface area (Å²) in [7, 11) is 0. The van der Waals surface area contributed by atoms with Crippen LogP contribution in [0, 0.1) is 6.92 Å². The molecule has 0 spiro atoms. The fraction of sp³-hybridized carbons (Fsp3) is 0.105. The molecule has 3 rings (SSSR count). The monoisotopic (exact) mass is 291 g/mol. The van der Waals surface area contributed by atoms with E-state index >= 15 is 0 Å². The van der Waals surface area contributed by atoms with E-state index in [0.29, 0.717) is 12.1 Å². The molecular weight excluding hydrogens is 274 g/mol. The number of benzene rings is 2. The number of hydrogen-bond acceptors (Lipinski definition) is 2. The molecule has 3 aromatic rings. The summed E-state index contributed by atoms with van der Waals surface area (Å²) >= 11 is 0. The van der Waals surface area contributed by atoms with Gasteiger partial charge in [-0.25, -0.2) is 0 Å². The normalized spacial score (nSPS) is 10.6. The molecule has 2 aromatic carbocycles. The zero-order valence-corrected chi connectivity index (χ0v) is 12.4. The van der Waals surface area contributed by atoms with Gasteiger partial charge in [-0.05, 0) is 35.2 Å². The second-order valence-electron chi connectivity index (χ2n) is 5.37. The third kappa shape index (κ3) is 2.79. The van der Waals surface area contributed by atoms with Crippen LogP contribution < -0.4 is 5.56 Å². The van der Waals surface area contributed by atoms with Crippen molar-refractivity contribution in [2.24, 2.45) is 0 Å². The standard InChI is InChI=1S/C19H17NO2/c1-14-11-17(20(22)19(21)12-14)13-16-9-5-6-10-18(16)15-7-3-2-4-8-15/h2-12,22H,13H2,1H3. The molecule has 0 amide bonds. The molecule has 3 nitrogen and oxygen atoms in total. The topological polar surface area (TPSA) is 42.2 Å². The third-order valence-electron chi connectivity index (χ3n) is 3.70. The molecule has 0 aliphatic rings. The fourth-order valence-electron chi connectivity index (χ4n) is 2.66. The van der Waals surface area contributed by atoms with Gasteiger partial charge >= 0.3 is 0 Å². The highest BCUT2D eigenvalue weighted by molar-refractivity contribution is 5.67. The van der Waals surface area contributed by atoms with Crippen LogP contribution in [0.5, 0.6) is 0 Å². The van der Waals surface area contributed by atoms with Crippen LogP contribution in [0.15, 0.2) is 71.5 Å². The minimum Gasteiger partial charge on any atom is -0.425 e. The number of nitrogens with zero attached hydrogens (tertiary/aromatic N) is 1. The third-order valence-corrected chi connectivity index (χ3v) is 3.70. The first-order valence-corrected chi connectivity index (χ1v) is 7.20. The predicted molar refractivity (Wildman–Crippen MR) is 87.3 cm³/mol. The smallest absolute Gasteiger partial charge is 0.283 e. The van der Waals surface area contributed by atoms with Gasteiger partial charge in [0.05, 0.1) is 5.69 Å². The zero-order chi connectivity index (χ0) is 15.5. The summed E-state index contributed by atoms with van der Waals surface area (Å²) in [4.78, 5) is 11.7. The van der Waals surface area contributed by atoms with Gasteiger partial charge in [0, 0.05) is 12.5 Å². The van der Waals surface area contributed by atoms with E-state index in [9.17, 15) is 10.0 Å². The van der Waals surface area contributed by atoms with Crippen molar-refractivity contribution in [1.29, 1.82) is 0 Å². The maximum atomic E-state index is 11.7. The summed E-state index contributed by atoms with van der Waals surface area (Å²) in [6.45, 7) is 1.86. The lowest BCUT2D eigenvalue weighted by Gasteiger charge is -2.12. The molecule has 1 heterocycles. The number of pyridine rings is 1. The highest BCUT2D eigenvalue weighted by Gasteiger charge is 2.09. The maximum Gasteiger partial charge on any atom is 0.283 e. The largest absolute Gasteiger partial charge is 0.425 e. The van der Waals surface area contributed by atoms with Crippen molar-refractivity contribution in [3.8, 4) is 11.1 Å². The fourth-order valence-corrected chi connectivity index (χ4v) is 2.66. The lowest BCUT2D eigenvalue weighted by atomic mass is 9.96. The van der Waals surface area contributed by atoms with Crippen molar-refractivity contribution in [3.63, 3.8) is 0 Å². The lowest BCUT2D eigenvalue weighted by molar-refractivity contribution is 0.166. The first kappa shape index (κ1) is 14.1. The number of aromatic nitrogens is 1. The van der Waals surface area contributed by atoms with Gasteiger partial charge < -0.3 is 5.21 Å². The van der Waals surface area contributed by atoms with Crippen LogP contribution in [-0.4, -0.2) is 9.94 Å². The van der Waals surface area contributed by atoms with Crippen molar-refractivity contribution < 1.29 is 5.21 Å². The second kappa shape index (κ2) is 5.90. The van der Waals surface area contributed by atoms with Crippen LogP contribution in [0.1, 0.15) is 16.8 Å². The van der Waals surface area contributed by atoms with Gasteiger partial charge in [0.2, 0.25) is 0 Å². The van der Waals surface area contributed by atoms with E-state index in [1.165, 1.54) is 6.07 Å². The molecule has 1 aromatic heterocycles. The molecule has 0 aliphatic heterocycles. The van der Waals surface area contributed by atoms with Crippen LogP contribution >= 0.6 is 0 Å². The Labute approximate surface area is 129 Å². The number of aryl methyl sites for hydroxylation is 1. The van der Waals surface area contributed by atoms with Crippen molar-refractivity contribution in [1.82, 2.24) is 4.73 Å². The molecule has 3 heteroatoms. The highest BCUT2D eigenvalue weighted by atomic mass is 16.5. The zero-order valence-electron chi connectivity index (χ0n) is 12.4. The van der Waals surface area contributed by atoms with Gasteiger partial charge in [0.15, 0.2) is 0 Å². The van der Waals surface area contributed by atoms with Gasteiger partial charge in [-0.3, -0.25) is 4.79 Å². The van der Waals surface area contributed by atoms with Crippen molar-refractivity contribution in [2.75, 3.05) is 0 Å². The van der Waals surface area contributed by atoms with E-state index in [0.717, 1.165) is 27.0 Å². The van der Waals surface area contributed by atoms with E-state index in [-0.39, 0.29) is 0 Å². The van der Waals surface area contributed by atoms with Gasteiger partial charge in [0.1, 0.15) is 0 Å². The Morgan fingerprint density at radius 2 is 1.64 bits per heavy atom. The lowest BCUT2D eigenvalue weighted by Crippen LogP contribution is -2.21. The molecule has 0 fully saturated rings. The van der Waals surface area contributed by atoms with Crippen LogP contribution in [0.4, 0.5) is 0 Å². The SMILES string of the molecule is Cc1cc(Cc2ccccc2-c2ccccc2)n(O)c(=O)c1. The van der Waals surface area contributed by atoms with E-state index < -0.39 is 5.56 Å². The molecule has 0 saturated carbocycles. The Morgan fingerprint density at radius 1 is 0.955 bits per heavy atom. The summed E-state index contributed by atoms with van der Waals surface area (Å²) in [6, 6.07) is 21.4. The molecule has 110 valence electrons. The molecule has 0 atom stereocenters. The van der Waals surface area contributed by atoms with Crippen molar-refractivity contribution in [2.45, 2.75) is 13.3 Å². The molecule has 0 bridgehead atoms. The van der Waals surface area contributed by atoms with Gasteiger partial charge in [-0.2, -0.15) is 4.73 Å². The van der Waals surface area contributed by atoms with Crippen molar-refractivity contribution in [3.05, 3.63) is 93.9 Å². The van der Waals surface area contributed by atoms with Crippen LogP contribution in [0.25, 0.3) is 11.1 Å². The molecule has 0 aliphatic carbocycles. The average Bonchev–Trinajstić information content (AvgIpc) is 2.53. The Hall–Kier alpha value is -2.81. The highest BCUT2D eigenvalue weighted by Crippen LogP contribution is 2.25. The summed E-state index contributed by atoms with van der Waals surface area (Å²) < 4.78 is 0.731. The van der Waals surface area contributed by atoms with Crippen molar-refractivity contribution >= 4 is 0 Å². The summed E-state index contributed by atoms with van der Waals surface area (Å²) in [6.07, 6.45) is 0.498. The second-order valence-corrected chi connectivity index (χ2v) is 5.37. The van der Waals surface area contributed by atoms with E-state index in [2.05, 4.69) is 18.2 Å². The van der Waals surface area contributed by atoms with Crippen LogP contribution in [0.2, 0.25) is 0 Å². The number of rotatable bonds is 3.